The van der Waals surface area contributed by atoms with Crippen LogP contribution in [-0.2, 0) is 12.9 Å². The Hall–Kier alpha value is -4.12. The zero-order valence-electron chi connectivity index (χ0n) is 18.1. The van der Waals surface area contributed by atoms with Gasteiger partial charge in [-0.25, -0.2) is 19.3 Å². The number of benzene rings is 1. The Morgan fingerprint density at radius 2 is 1.74 bits per heavy atom. The number of hydrogen-bond acceptors (Lipinski definition) is 6. The summed E-state index contributed by atoms with van der Waals surface area (Å²) < 4.78 is 52.1. The second-order valence-electron chi connectivity index (χ2n) is 7.44. The summed E-state index contributed by atoms with van der Waals surface area (Å²) in [7, 11) is 0. The fourth-order valence-electron chi connectivity index (χ4n) is 3.37. The molecular weight excluding hydrogens is 466 g/mol. The average molecular weight is 485 g/mol. The van der Waals surface area contributed by atoms with E-state index in [2.05, 4.69) is 25.6 Å². The van der Waals surface area contributed by atoms with Gasteiger partial charge in [-0.3, -0.25) is 4.79 Å². The highest BCUT2D eigenvalue weighted by molar-refractivity contribution is 5.94. The second-order valence-corrected chi connectivity index (χ2v) is 7.44. The smallest absolute Gasteiger partial charge is 0.395 e. The highest BCUT2D eigenvalue weighted by atomic mass is 19.4. The number of hydrogen-bond donors (Lipinski definition) is 3. The van der Waals surface area contributed by atoms with Crippen LogP contribution in [0, 0.1) is 0 Å². The molecule has 4 aromatic rings. The van der Waals surface area contributed by atoms with Crippen LogP contribution in [0.5, 0.6) is 0 Å². The van der Waals surface area contributed by atoms with Crippen LogP contribution < -0.4 is 10.6 Å². The molecule has 35 heavy (non-hydrogen) atoms. The number of aromatic nitrogens is 3. The van der Waals surface area contributed by atoms with Crippen molar-refractivity contribution >= 4 is 28.3 Å². The van der Waals surface area contributed by atoms with E-state index in [1.807, 2.05) is 0 Å². The van der Waals surface area contributed by atoms with Crippen LogP contribution >= 0.6 is 0 Å². The normalized spacial score (nSPS) is 11.5. The average Bonchev–Trinajstić information content (AvgIpc) is 2.86. The number of rotatable bonds is 7. The molecule has 11 heteroatoms. The molecule has 4 rings (SSSR count). The van der Waals surface area contributed by atoms with Crippen LogP contribution in [0.1, 0.15) is 21.6 Å². The number of alkyl halides is 4. The number of nitrogens with one attached hydrogen (secondary N) is 2. The number of pyridine rings is 3. The molecule has 0 bridgehead atoms. The van der Waals surface area contributed by atoms with Gasteiger partial charge in [0.05, 0.1) is 29.2 Å². The first-order chi connectivity index (χ1) is 16.8. The van der Waals surface area contributed by atoms with Gasteiger partial charge in [-0.2, -0.15) is 13.2 Å². The second kappa shape index (κ2) is 10.0. The topological polar surface area (TPSA) is 100 Å². The van der Waals surface area contributed by atoms with Crippen molar-refractivity contribution in [1.29, 1.82) is 0 Å². The van der Waals surface area contributed by atoms with E-state index < -0.39 is 24.3 Å². The molecule has 3 N–H and O–H groups in total. The van der Waals surface area contributed by atoms with E-state index in [-0.39, 0.29) is 30.1 Å². The molecule has 0 aliphatic heterocycles. The molecule has 0 aliphatic rings. The van der Waals surface area contributed by atoms with Gasteiger partial charge in [0.15, 0.2) is 5.65 Å². The zero-order chi connectivity index (χ0) is 25.0. The van der Waals surface area contributed by atoms with Gasteiger partial charge in [0.2, 0.25) is 0 Å². The fraction of sp³-hybridized carbons (Fsp3) is 0.167. The summed E-state index contributed by atoms with van der Waals surface area (Å²) in [5, 5.41) is 15.0. The first kappa shape index (κ1) is 24.0. The summed E-state index contributed by atoms with van der Waals surface area (Å²) >= 11 is 0. The molecule has 0 fully saturated rings. The van der Waals surface area contributed by atoms with Crippen LogP contribution in [0.15, 0.2) is 60.8 Å². The Balaban J connectivity index is 1.67. The van der Waals surface area contributed by atoms with Crippen LogP contribution in [0.4, 0.5) is 28.9 Å². The minimum absolute atomic E-state index is 0.0400. The molecule has 0 atom stereocenters. The van der Waals surface area contributed by atoms with E-state index in [1.54, 1.807) is 18.2 Å². The van der Waals surface area contributed by atoms with Gasteiger partial charge in [0.1, 0.15) is 12.4 Å². The van der Waals surface area contributed by atoms with E-state index in [4.69, 9.17) is 5.11 Å². The van der Waals surface area contributed by atoms with Gasteiger partial charge >= 0.3 is 6.18 Å². The van der Waals surface area contributed by atoms with Crippen molar-refractivity contribution in [2.24, 2.45) is 0 Å². The molecule has 0 saturated carbocycles. The van der Waals surface area contributed by atoms with Crippen molar-refractivity contribution < 1.29 is 27.5 Å². The molecule has 1 amide bonds. The van der Waals surface area contributed by atoms with E-state index in [9.17, 15) is 22.4 Å². The maximum Gasteiger partial charge on any atom is 0.416 e. The maximum atomic E-state index is 13.6. The van der Waals surface area contributed by atoms with E-state index >= 15 is 0 Å². The molecule has 0 saturated heterocycles. The van der Waals surface area contributed by atoms with Crippen LogP contribution in [0.3, 0.4) is 0 Å². The lowest BCUT2D eigenvalue weighted by Gasteiger charge is -2.12. The number of fused-ring (bicyclic) bond motifs is 1. The summed E-state index contributed by atoms with van der Waals surface area (Å²) in [5.41, 5.74) is 1.28. The van der Waals surface area contributed by atoms with Crippen molar-refractivity contribution in [3.63, 3.8) is 0 Å². The predicted molar refractivity (Wildman–Crippen MR) is 122 cm³/mol. The molecule has 3 aromatic heterocycles. The number of carbonyl (C=O) groups excluding carboxylic acids is 1. The van der Waals surface area contributed by atoms with Gasteiger partial charge in [0.25, 0.3) is 5.91 Å². The molecular formula is C24H19F4N5O2. The monoisotopic (exact) mass is 485 g/mol. The molecule has 0 radical (unpaired) electrons. The molecule has 7 nitrogen and oxygen atoms in total. The molecule has 1 aromatic carbocycles. The fourth-order valence-corrected chi connectivity index (χ4v) is 3.37. The zero-order valence-corrected chi connectivity index (χ0v) is 18.1. The van der Waals surface area contributed by atoms with Crippen molar-refractivity contribution in [2.45, 2.75) is 12.9 Å². The molecule has 180 valence electrons. The first-order valence-corrected chi connectivity index (χ1v) is 10.5. The summed E-state index contributed by atoms with van der Waals surface area (Å²) in [6.07, 6.45) is -2.95. The van der Waals surface area contributed by atoms with Crippen LogP contribution in [0.25, 0.3) is 22.4 Å². The van der Waals surface area contributed by atoms with Gasteiger partial charge < -0.3 is 15.7 Å². The summed E-state index contributed by atoms with van der Waals surface area (Å²) in [5.74, 6) is -0.521. The number of amides is 1. The van der Waals surface area contributed by atoms with E-state index in [0.29, 0.717) is 28.1 Å². The van der Waals surface area contributed by atoms with Gasteiger partial charge in [-0.05, 0) is 48.5 Å². The third kappa shape index (κ3) is 5.35. The van der Waals surface area contributed by atoms with Gasteiger partial charge in [-0.15, -0.1) is 0 Å². The van der Waals surface area contributed by atoms with E-state index in [0.717, 1.165) is 12.1 Å². The van der Waals surface area contributed by atoms with Crippen LogP contribution in [0.2, 0.25) is 0 Å². The Bertz CT molecular complexity index is 1360. The minimum Gasteiger partial charge on any atom is -0.395 e. The quantitative estimate of drug-likeness (QED) is 0.330. The lowest BCUT2D eigenvalue weighted by Crippen LogP contribution is -2.27. The number of nitrogens with zero attached hydrogens (tertiary/aromatic N) is 3. The lowest BCUT2D eigenvalue weighted by atomic mass is 10.1. The Morgan fingerprint density at radius 1 is 0.971 bits per heavy atom. The molecule has 0 spiro atoms. The van der Waals surface area contributed by atoms with Crippen molar-refractivity contribution in [3.05, 3.63) is 77.6 Å². The van der Waals surface area contributed by atoms with Crippen molar-refractivity contribution in [2.75, 3.05) is 18.5 Å². The number of aliphatic hydroxyl groups excluding tert-OH is 1. The highest BCUT2D eigenvalue weighted by Crippen LogP contribution is 2.32. The largest absolute Gasteiger partial charge is 0.416 e. The Kier molecular flexibility index (Phi) is 6.87. The number of halogens is 4. The summed E-state index contributed by atoms with van der Waals surface area (Å²) in [4.78, 5) is 25.2. The molecule has 0 aliphatic carbocycles. The third-order valence-corrected chi connectivity index (χ3v) is 5.09. The molecule has 0 unspecified atom stereocenters. The van der Waals surface area contributed by atoms with Gasteiger partial charge in [-0.1, -0.05) is 6.07 Å². The third-order valence-electron chi connectivity index (χ3n) is 5.09. The Morgan fingerprint density at radius 3 is 2.43 bits per heavy atom. The van der Waals surface area contributed by atoms with Gasteiger partial charge in [0, 0.05) is 29.4 Å². The lowest BCUT2D eigenvalue weighted by molar-refractivity contribution is -0.137. The van der Waals surface area contributed by atoms with Crippen molar-refractivity contribution in [1.82, 2.24) is 20.3 Å². The first-order valence-electron chi connectivity index (χ1n) is 10.5. The van der Waals surface area contributed by atoms with E-state index in [1.165, 1.54) is 30.5 Å². The van der Waals surface area contributed by atoms with Crippen molar-refractivity contribution in [3.8, 4) is 11.4 Å². The van der Waals surface area contributed by atoms with Crippen LogP contribution in [-0.4, -0.2) is 39.1 Å². The predicted octanol–water partition coefficient (Wildman–Crippen LogP) is 4.65. The minimum atomic E-state index is -4.43. The standard InChI is InChI=1S/C24H19F4N5O2/c25-13-14-1-7-20(23(35)30-11-12-34)32-21(14)19-8-6-17-18(9-10-29-22(17)33-19)31-16-4-2-15(3-5-16)24(26,27)28/h1-10,34H,11-13H2,(H,30,35)(H,29,31,33). The molecule has 3 heterocycles. The summed E-state index contributed by atoms with van der Waals surface area (Å²) in [6.45, 7) is -1.01. The number of anilines is 2. The summed E-state index contributed by atoms with van der Waals surface area (Å²) in [6, 6.07) is 12.4. The Labute approximate surface area is 196 Å². The number of carbonyl (C=O) groups is 1. The highest BCUT2D eigenvalue weighted by Gasteiger charge is 2.30. The number of aliphatic hydroxyl groups is 1. The maximum absolute atomic E-state index is 13.6. The SMILES string of the molecule is O=C(NCCO)c1ccc(CF)c(-c2ccc3c(Nc4ccc(C(F)(F)F)cc4)ccnc3n2)n1.